The SMILES string of the molecule is COC(=O)c1ccc(NS(=O)(=O)c2cccc([N+](=O)[O-])c2)cc1. The lowest BCUT2D eigenvalue weighted by Gasteiger charge is -2.08. The lowest BCUT2D eigenvalue weighted by atomic mass is 10.2. The maximum Gasteiger partial charge on any atom is 0.337 e. The largest absolute Gasteiger partial charge is 0.465 e. The quantitative estimate of drug-likeness (QED) is 0.508. The van der Waals surface area contributed by atoms with E-state index >= 15 is 0 Å². The van der Waals surface area contributed by atoms with E-state index in [9.17, 15) is 23.3 Å². The Morgan fingerprint density at radius 2 is 1.83 bits per heavy atom. The Hall–Kier alpha value is -2.94. The number of carbonyl (C=O) groups is 1. The van der Waals surface area contributed by atoms with E-state index in [1.165, 1.54) is 49.6 Å². The predicted octanol–water partition coefficient (Wildman–Crippen LogP) is 2.18. The first kappa shape index (κ1) is 16.4. The van der Waals surface area contributed by atoms with Gasteiger partial charge >= 0.3 is 5.97 Å². The third-order valence-corrected chi connectivity index (χ3v) is 4.28. The van der Waals surface area contributed by atoms with Crippen molar-refractivity contribution in [3.63, 3.8) is 0 Å². The number of hydrogen-bond acceptors (Lipinski definition) is 6. The summed E-state index contributed by atoms with van der Waals surface area (Å²) in [5.41, 5.74) is 0.156. The maximum absolute atomic E-state index is 12.2. The Bertz CT molecular complexity index is 846. The third kappa shape index (κ3) is 3.83. The molecule has 0 aromatic heterocycles. The molecule has 1 N–H and O–H groups in total. The molecular formula is C14H12N2O6S. The van der Waals surface area contributed by atoms with Gasteiger partial charge in [0.25, 0.3) is 15.7 Å². The molecule has 0 fully saturated rings. The number of esters is 1. The van der Waals surface area contributed by atoms with Gasteiger partial charge in [-0.2, -0.15) is 0 Å². The number of nitrogens with one attached hydrogen (secondary N) is 1. The normalized spacial score (nSPS) is 10.8. The summed E-state index contributed by atoms with van der Waals surface area (Å²) < 4.78 is 31.3. The molecular weight excluding hydrogens is 324 g/mol. The zero-order valence-corrected chi connectivity index (χ0v) is 12.7. The molecule has 0 atom stereocenters. The highest BCUT2D eigenvalue weighted by atomic mass is 32.2. The van der Waals surface area contributed by atoms with E-state index in [-0.39, 0.29) is 21.8 Å². The molecule has 2 aromatic carbocycles. The molecule has 0 unspecified atom stereocenters. The number of non-ortho nitro benzene ring substituents is 1. The first-order chi connectivity index (χ1) is 10.8. The van der Waals surface area contributed by atoms with Crippen LogP contribution in [0.25, 0.3) is 0 Å². The third-order valence-electron chi connectivity index (χ3n) is 2.90. The minimum atomic E-state index is -3.98. The molecule has 0 aliphatic heterocycles. The summed E-state index contributed by atoms with van der Waals surface area (Å²) in [6.45, 7) is 0. The van der Waals surface area contributed by atoms with Crippen LogP contribution in [-0.2, 0) is 14.8 Å². The molecule has 0 aliphatic rings. The molecule has 0 bridgehead atoms. The lowest BCUT2D eigenvalue weighted by Crippen LogP contribution is -2.13. The van der Waals surface area contributed by atoms with E-state index in [1.54, 1.807) is 0 Å². The van der Waals surface area contributed by atoms with Gasteiger partial charge in [0.05, 0.1) is 22.5 Å². The van der Waals surface area contributed by atoms with Crippen LogP contribution in [0, 0.1) is 10.1 Å². The van der Waals surface area contributed by atoms with Crippen molar-refractivity contribution >= 4 is 27.4 Å². The van der Waals surface area contributed by atoms with E-state index in [0.29, 0.717) is 0 Å². The number of ether oxygens (including phenoxy) is 1. The Morgan fingerprint density at radius 1 is 1.17 bits per heavy atom. The summed E-state index contributed by atoms with van der Waals surface area (Å²) >= 11 is 0. The van der Waals surface area contributed by atoms with Gasteiger partial charge in [-0.1, -0.05) is 6.07 Å². The fourth-order valence-corrected chi connectivity index (χ4v) is 2.87. The first-order valence-electron chi connectivity index (χ1n) is 6.29. The van der Waals surface area contributed by atoms with Gasteiger partial charge in [-0.3, -0.25) is 14.8 Å². The second-order valence-corrected chi connectivity index (χ2v) is 6.11. The number of methoxy groups -OCH3 is 1. The van der Waals surface area contributed by atoms with Crippen LogP contribution in [0.15, 0.2) is 53.4 Å². The Balaban J connectivity index is 2.26. The van der Waals surface area contributed by atoms with Gasteiger partial charge in [-0.25, -0.2) is 13.2 Å². The molecule has 9 heteroatoms. The molecule has 0 amide bonds. The van der Waals surface area contributed by atoms with Gasteiger partial charge in [-0.15, -0.1) is 0 Å². The van der Waals surface area contributed by atoms with Crippen LogP contribution in [0.3, 0.4) is 0 Å². The lowest BCUT2D eigenvalue weighted by molar-refractivity contribution is -0.385. The van der Waals surface area contributed by atoms with Crippen LogP contribution in [0.2, 0.25) is 0 Å². The van der Waals surface area contributed by atoms with Crippen LogP contribution in [-0.4, -0.2) is 26.4 Å². The monoisotopic (exact) mass is 336 g/mol. The Kier molecular flexibility index (Phi) is 4.60. The van der Waals surface area contributed by atoms with Crippen molar-refractivity contribution in [1.29, 1.82) is 0 Å². The minimum Gasteiger partial charge on any atom is -0.465 e. The number of nitro benzene ring substituents is 1. The van der Waals surface area contributed by atoms with Crippen molar-refractivity contribution < 1.29 is 22.9 Å². The topological polar surface area (TPSA) is 116 Å². The highest BCUT2D eigenvalue weighted by molar-refractivity contribution is 7.92. The molecule has 0 radical (unpaired) electrons. The van der Waals surface area contributed by atoms with Gasteiger partial charge in [-0.05, 0) is 30.3 Å². The molecule has 0 saturated carbocycles. The zero-order chi connectivity index (χ0) is 17.0. The van der Waals surface area contributed by atoms with Gasteiger partial charge in [0.1, 0.15) is 0 Å². The molecule has 2 rings (SSSR count). The number of rotatable bonds is 5. The van der Waals surface area contributed by atoms with Crippen molar-refractivity contribution in [2.24, 2.45) is 0 Å². The molecule has 8 nitrogen and oxygen atoms in total. The van der Waals surface area contributed by atoms with Crippen LogP contribution in [0.4, 0.5) is 11.4 Å². The average molecular weight is 336 g/mol. The molecule has 0 aliphatic carbocycles. The van der Waals surface area contributed by atoms with Crippen LogP contribution in [0.1, 0.15) is 10.4 Å². The standard InChI is InChI=1S/C14H12N2O6S/c1-22-14(17)10-5-7-11(8-6-10)15-23(20,21)13-4-2-3-12(9-13)16(18)19/h2-9,15H,1H3. The van der Waals surface area contributed by atoms with Crippen LogP contribution >= 0.6 is 0 Å². The van der Waals surface area contributed by atoms with Crippen LogP contribution in [0.5, 0.6) is 0 Å². The molecule has 0 spiro atoms. The number of carbonyl (C=O) groups excluding carboxylic acids is 1. The number of nitrogens with zero attached hydrogens (tertiary/aromatic N) is 1. The molecule has 0 saturated heterocycles. The maximum atomic E-state index is 12.2. The summed E-state index contributed by atoms with van der Waals surface area (Å²) in [6, 6.07) is 10.3. The number of nitro groups is 1. The number of benzene rings is 2. The molecule has 23 heavy (non-hydrogen) atoms. The summed E-state index contributed by atoms with van der Waals surface area (Å²) in [6.07, 6.45) is 0. The van der Waals surface area contributed by atoms with Crippen molar-refractivity contribution in [2.45, 2.75) is 4.90 Å². The van der Waals surface area contributed by atoms with E-state index < -0.39 is 20.9 Å². The summed E-state index contributed by atoms with van der Waals surface area (Å²) in [5, 5.41) is 10.7. The molecule has 2 aromatic rings. The average Bonchev–Trinajstić information content (AvgIpc) is 2.54. The number of anilines is 1. The zero-order valence-electron chi connectivity index (χ0n) is 11.9. The van der Waals surface area contributed by atoms with E-state index in [2.05, 4.69) is 9.46 Å². The summed E-state index contributed by atoms with van der Waals surface area (Å²) in [5.74, 6) is -0.543. The van der Waals surface area contributed by atoms with Gasteiger partial charge in [0, 0.05) is 17.8 Å². The van der Waals surface area contributed by atoms with Crippen LogP contribution < -0.4 is 4.72 Å². The van der Waals surface area contributed by atoms with Crippen molar-refractivity contribution in [2.75, 3.05) is 11.8 Å². The van der Waals surface area contributed by atoms with Crippen molar-refractivity contribution in [1.82, 2.24) is 0 Å². The Morgan fingerprint density at radius 3 is 2.39 bits per heavy atom. The highest BCUT2D eigenvalue weighted by Crippen LogP contribution is 2.20. The Labute approximate surface area is 131 Å². The summed E-state index contributed by atoms with van der Waals surface area (Å²) in [4.78, 5) is 21.1. The van der Waals surface area contributed by atoms with E-state index in [4.69, 9.17) is 0 Å². The first-order valence-corrected chi connectivity index (χ1v) is 7.77. The second-order valence-electron chi connectivity index (χ2n) is 4.43. The fourth-order valence-electron chi connectivity index (χ4n) is 1.77. The van der Waals surface area contributed by atoms with E-state index in [1.807, 2.05) is 0 Å². The predicted molar refractivity (Wildman–Crippen MR) is 81.7 cm³/mol. The van der Waals surface area contributed by atoms with E-state index in [0.717, 1.165) is 6.07 Å². The van der Waals surface area contributed by atoms with Crippen molar-refractivity contribution in [3.05, 3.63) is 64.2 Å². The van der Waals surface area contributed by atoms with Gasteiger partial charge in [0.2, 0.25) is 0 Å². The van der Waals surface area contributed by atoms with Gasteiger partial charge < -0.3 is 4.74 Å². The molecule has 120 valence electrons. The number of sulfonamides is 1. The second kappa shape index (κ2) is 6.44. The van der Waals surface area contributed by atoms with Crippen molar-refractivity contribution in [3.8, 4) is 0 Å². The number of hydrogen-bond donors (Lipinski definition) is 1. The van der Waals surface area contributed by atoms with Gasteiger partial charge in [0.15, 0.2) is 0 Å². The highest BCUT2D eigenvalue weighted by Gasteiger charge is 2.18. The smallest absolute Gasteiger partial charge is 0.337 e. The fraction of sp³-hybridized carbons (Fsp3) is 0.0714. The molecule has 0 heterocycles. The minimum absolute atomic E-state index is 0.212. The summed E-state index contributed by atoms with van der Waals surface area (Å²) in [7, 11) is -2.74.